The van der Waals surface area contributed by atoms with Crippen LogP contribution >= 0.6 is 0 Å². The molecule has 17 heavy (non-hydrogen) atoms. The molecule has 0 aliphatic rings. The van der Waals surface area contributed by atoms with Crippen molar-refractivity contribution in [1.82, 2.24) is 0 Å². The van der Waals surface area contributed by atoms with Crippen molar-refractivity contribution in [2.75, 3.05) is 6.61 Å². The van der Waals surface area contributed by atoms with Crippen LogP contribution in [0.25, 0.3) is 6.08 Å². The fourth-order valence-corrected chi connectivity index (χ4v) is 1.13. The van der Waals surface area contributed by atoms with Gasteiger partial charge in [0.2, 0.25) is 0 Å². The average molecular weight is 229 g/mol. The second-order valence-electron chi connectivity index (χ2n) is 3.15. The van der Waals surface area contributed by atoms with Crippen molar-refractivity contribution < 1.29 is 14.6 Å². The van der Waals surface area contributed by atoms with E-state index in [2.05, 4.69) is 6.58 Å². The minimum absolute atomic E-state index is 0.0535. The van der Waals surface area contributed by atoms with Crippen LogP contribution in [0.15, 0.2) is 42.5 Å². The third-order valence-corrected chi connectivity index (χ3v) is 1.85. The van der Waals surface area contributed by atoms with Gasteiger partial charge < -0.3 is 9.84 Å². The molecule has 0 heterocycles. The summed E-state index contributed by atoms with van der Waals surface area (Å²) in [5.74, 6) is -0.647. The molecule has 0 fully saturated rings. The second-order valence-corrected chi connectivity index (χ2v) is 3.15. The van der Waals surface area contributed by atoms with E-state index in [0.717, 1.165) is 0 Å². The zero-order valence-corrected chi connectivity index (χ0v) is 9.09. The van der Waals surface area contributed by atoms with Crippen molar-refractivity contribution in [3.05, 3.63) is 48.1 Å². The van der Waals surface area contributed by atoms with Crippen molar-refractivity contribution in [3.8, 4) is 11.8 Å². The van der Waals surface area contributed by atoms with Crippen molar-refractivity contribution in [2.24, 2.45) is 0 Å². The van der Waals surface area contributed by atoms with Crippen LogP contribution in [-0.2, 0) is 9.53 Å². The van der Waals surface area contributed by atoms with Gasteiger partial charge in [-0.25, -0.2) is 4.79 Å². The van der Waals surface area contributed by atoms with Crippen molar-refractivity contribution >= 4 is 12.0 Å². The monoisotopic (exact) mass is 229 g/mol. The first-order valence-electron chi connectivity index (χ1n) is 4.86. The molecule has 0 saturated carbocycles. The highest BCUT2D eigenvalue weighted by atomic mass is 16.5. The number of hydrogen-bond donors (Lipinski definition) is 1. The van der Waals surface area contributed by atoms with Crippen LogP contribution in [0.3, 0.4) is 0 Å². The summed E-state index contributed by atoms with van der Waals surface area (Å²) in [6, 6.07) is 7.97. The molecule has 4 heteroatoms. The molecule has 0 spiro atoms. The number of aromatic hydroxyl groups is 1. The van der Waals surface area contributed by atoms with E-state index in [-0.39, 0.29) is 17.9 Å². The zero-order chi connectivity index (χ0) is 12.7. The molecule has 0 amide bonds. The SMILES string of the molecule is C=CCOC(=O)/C(C#N)=C/c1cccc(O)c1. The Kier molecular flexibility index (Phi) is 4.52. The summed E-state index contributed by atoms with van der Waals surface area (Å²) in [6.07, 6.45) is 2.77. The maximum atomic E-state index is 11.4. The molecule has 0 unspecified atom stereocenters. The molecule has 0 saturated heterocycles. The number of phenolic OH excluding ortho intramolecular Hbond substituents is 1. The third-order valence-electron chi connectivity index (χ3n) is 1.85. The predicted octanol–water partition coefficient (Wildman–Crippen LogP) is 2.03. The maximum Gasteiger partial charge on any atom is 0.349 e. The van der Waals surface area contributed by atoms with Gasteiger partial charge in [-0.15, -0.1) is 0 Å². The summed E-state index contributed by atoms with van der Waals surface area (Å²) in [5.41, 5.74) is 0.426. The molecular formula is C13H11NO3. The van der Waals surface area contributed by atoms with Crippen molar-refractivity contribution in [3.63, 3.8) is 0 Å². The van der Waals surface area contributed by atoms with E-state index in [4.69, 9.17) is 10.00 Å². The quantitative estimate of drug-likeness (QED) is 0.371. The van der Waals surface area contributed by atoms with E-state index in [1.165, 1.54) is 24.3 Å². The van der Waals surface area contributed by atoms with E-state index in [9.17, 15) is 9.90 Å². The average Bonchev–Trinajstić information content (AvgIpc) is 2.33. The molecule has 0 bridgehead atoms. The van der Waals surface area contributed by atoms with E-state index in [1.54, 1.807) is 18.2 Å². The molecule has 1 rings (SSSR count). The fraction of sp³-hybridized carbons (Fsp3) is 0.0769. The number of nitriles is 1. The number of esters is 1. The van der Waals surface area contributed by atoms with E-state index in [1.807, 2.05) is 0 Å². The molecular weight excluding hydrogens is 218 g/mol. The second kappa shape index (κ2) is 6.13. The number of nitrogens with zero attached hydrogens (tertiary/aromatic N) is 1. The largest absolute Gasteiger partial charge is 0.508 e. The number of carbonyl (C=O) groups is 1. The topological polar surface area (TPSA) is 70.3 Å². The van der Waals surface area contributed by atoms with Crippen LogP contribution in [0, 0.1) is 11.3 Å². The standard InChI is InChI=1S/C13H11NO3/c1-2-6-17-13(16)11(9-14)7-10-4-3-5-12(15)8-10/h2-5,7-8,15H,1,6H2/b11-7+. The lowest BCUT2D eigenvalue weighted by Crippen LogP contribution is -2.06. The van der Waals surface area contributed by atoms with Crippen LogP contribution < -0.4 is 0 Å². The third kappa shape index (κ3) is 3.84. The van der Waals surface area contributed by atoms with Gasteiger partial charge in [0.25, 0.3) is 0 Å². The molecule has 4 nitrogen and oxygen atoms in total. The number of rotatable bonds is 4. The number of carbonyl (C=O) groups excluding carboxylic acids is 1. The summed E-state index contributed by atoms with van der Waals surface area (Å²) < 4.78 is 4.74. The fourth-order valence-electron chi connectivity index (χ4n) is 1.13. The Labute approximate surface area is 99.1 Å². The normalized spacial score (nSPS) is 10.4. The van der Waals surface area contributed by atoms with Gasteiger partial charge in [-0.1, -0.05) is 24.8 Å². The Bertz CT molecular complexity index is 498. The van der Waals surface area contributed by atoms with Gasteiger partial charge in [-0.2, -0.15) is 5.26 Å². The molecule has 0 radical (unpaired) electrons. The molecule has 86 valence electrons. The van der Waals surface area contributed by atoms with Gasteiger partial charge in [0.1, 0.15) is 24.0 Å². The van der Waals surface area contributed by atoms with Gasteiger partial charge >= 0.3 is 5.97 Å². The summed E-state index contributed by atoms with van der Waals surface area (Å²) in [5, 5.41) is 18.1. The minimum atomic E-state index is -0.712. The van der Waals surface area contributed by atoms with E-state index < -0.39 is 5.97 Å². The lowest BCUT2D eigenvalue weighted by Gasteiger charge is -2.00. The molecule has 0 aromatic heterocycles. The minimum Gasteiger partial charge on any atom is -0.508 e. The number of ether oxygens (including phenoxy) is 1. The Hall–Kier alpha value is -2.54. The Balaban J connectivity index is 2.91. The van der Waals surface area contributed by atoms with E-state index in [0.29, 0.717) is 5.56 Å². The van der Waals surface area contributed by atoms with Gasteiger partial charge in [0, 0.05) is 0 Å². The first-order valence-corrected chi connectivity index (χ1v) is 4.86. The lowest BCUT2D eigenvalue weighted by molar-refractivity contribution is -0.137. The molecule has 0 aliphatic carbocycles. The molecule has 1 aromatic rings. The summed E-state index contributed by atoms with van der Waals surface area (Å²) >= 11 is 0. The highest BCUT2D eigenvalue weighted by Crippen LogP contribution is 2.14. The van der Waals surface area contributed by atoms with Crippen LogP contribution in [-0.4, -0.2) is 17.7 Å². The number of hydrogen-bond acceptors (Lipinski definition) is 4. The highest BCUT2D eigenvalue weighted by molar-refractivity contribution is 5.97. The van der Waals surface area contributed by atoms with Gasteiger partial charge in [0.05, 0.1) is 0 Å². The van der Waals surface area contributed by atoms with Crippen molar-refractivity contribution in [2.45, 2.75) is 0 Å². The van der Waals surface area contributed by atoms with Crippen LogP contribution in [0.1, 0.15) is 5.56 Å². The van der Waals surface area contributed by atoms with Gasteiger partial charge in [0.15, 0.2) is 0 Å². The molecule has 1 N–H and O–H groups in total. The zero-order valence-electron chi connectivity index (χ0n) is 9.09. The van der Waals surface area contributed by atoms with Crippen LogP contribution in [0.4, 0.5) is 0 Å². The molecule has 1 aromatic carbocycles. The first kappa shape index (κ1) is 12.5. The van der Waals surface area contributed by atoms with Gasteiger partial charge in [-0.3, -0.25) is 0 Å². The highest BCUT2D eigenvalue weighted by Gasteiger charge is 2.09. The maximum absolute atomic E-state index is 11.4. The summed E-state index contributed by atoms with van der Waals surface area (Å²) in [4.78, 5) is 11.4. The first-order chi connectivity index (χ1) is 8.17. The smallest absolute Gasteiger partial charge is 0.349 e. The number of phenols is 1. The van der Waals surface area contributed by atoms with Crippen molar-refractivity contribution in [1.29, 1.82) is 5.26 Å². The number of benzene rings is 1. The summed E-state index contributed by atoms with van der Waals surface area (Å²) in [6.45, 7) is 3.45. The van der Waals surface area contributed by atoms with Crippen LogP contribution in [0.2, 0.25) is 0 Å². The Morgan fingerprint density at radius 2 is 2.35 bits per heavy atom. The summed E-state index contributed by atoms with van der Waals surface area (Å²) in [7, 11) is 0. The Morgan fingerprint density at radius 3 is 2.94 bits per heavy atom. The van der Waals surface area contributed by atoms with Crippen LogP contribution in [0.5, 0.6) is 5.75 Å². The lowest BCUT2D eigenvalue weighted by atomic mass is 10.1. The van der Waals surface area contributed by atoms with E-state index >= 15 is 0 Å². The predicted molar refractivity (Wildman–Crippen MR) is 62.9 cm³/mol. The molecule has 0 atom stereocenters. The molecule has 0 aliphatic heterocycles. The van der Waals surface area contributed by atoms with Gasteiger partial charge in [-0.05, 0) is 23.8 Å². The Morgan fingerprint density at radius 1 is 1.59 bits per heavy atom.